The van der Waals surface area contributed by atoms with Crippen molar-refractivity contribution in [3.05, 3.63) is 50.7 Å². The Hall–Kier alpha value is -2.44. The first-order valence-electron chi connectivity index (χ1n) is 7.53. The molecule has 1 aliphatic rings. The third-order valence-corrected chi connectivity index (χ3v) is 4.07. The highest BCUT2D eigenvalue weighted by Gasteiger charge is 2.23. The third-order valence-electron chi connectivity index (χ3n) is 4.07. The fourth-order valence-electron chi connectivity index (χ4n) is 2.77. The standard InChI is InChI=1S/C15H19N5O2/c1-3-18-8-6-16-13(15(18)22)20-7-5-11-12(9-20)17-10-19(4-2)14(11)21/h6,8,10H,3-5,7,9H2,1-2H3. The molecule has 0 aliphatic carbocycles. The van der Waals surface area contributed by atoms with Crippen LogP contribution in [0.4, 0.5) is 5.82 Å². The summed E-state index contributed by atoms with van der Waals surface area (Å²) in [5, 5.41) is 0. The van der Waals surface area contributed by atoms with Crippen LogP contribution in [0.5, 0.6) is 0 Å². The van der Waals surface area contributed by atoms with Crippen LogP contribution >= 0.6 is 0 Å². The van der Waals surface area contributed by atoms with Crippen LogP contribution in [-0.2, 0) is 26.1 Å². The number of hydrogen-bond donors (Lipinski definition) is 0. The molecule has 7 nitrogen and oxygen atoms in total. The Labute approximate surface area is 127 Å². The van der Waals surface area contributed by atoms with E-state index < -0.39 is 0 Å². The lowest BCUT2D eigenvalue weighted by atomic mass is 10.1. The van der Waals surface area contributed by atoms with E-state index in [2.05, 4.69) is 9.97 Å². The molecule has 3 rings (SSSR count). The van der Waals surface area contributed by atoms with E-state index in [-0.39, 0.29) is 11.1 Å². The summed E-state index contributed by atoms with van der Waals surface area (Å²) in [6, 6.07) is 0. The summed E-state index contributed by atoms with van der Waals surface area (Å²) in [7, 11) is 0. The first-order valence-corrected chi connectivity index (χ1v) is 7.53. The van der Waals surface area contributed by atoms with Gasteiger partial charge in [-0.15, -0.1) is 0 Å². The molecular formula is C15H19N5O2. The van der Waals surface area contributed by atoms with Crippen molar-refractivity contribution >= 4 is 5.82 Å². The zero-order valence-electron chi connectivity index (χ0n) is 12.8. The zero-order chi connectivity index (χ0) is 15.7. The highest BCUT2D eigenvalue weighted by atomic mass is 16.1. The van der Waals surface area contributed by atoms with E-state index in [1.807, 2.05) is 18.7 Å². The molecule has 116 valence electrons. The molecule has 0 radical (unpaired) electrons. The van der Waals surface area contributed by atoms with Gasteiger partial charge in [0.05, 0.1) is 18.6 Å². The van der Waals surface area contributed by atoms with Gasteiger partial charge in [0.25, 0.3) is 11.1 Å². The minimum Gasteiger partial charge on any atom is -0.346 e. The molecule has 0 fully saturated rings. The number of aryl methyl sites for hydroxylation is 2. The summed E-state index contributed by atoms with van der Waals surface area (Å²) in [4.78, 5) is 35.1. The van der Waals surface area contributed by atoms with Crippen molar-refractivity contribution in [2.24, 2.45) is 0 Å². The van der Waals surface area contributed by atoms with E-state index in [0.29, 0.717) is 38.4 Å². The summed E-state index contributed by atoms with van der Waals surface area (Å²) in [5.41, 5.74) is 1.43. The lowest BCUT2D eigenvalue weighted by Crippen LogP contribution is -2.40. The average molecular weight is 301 g/mol. The first kappa shape index (κ1) is 14.5. The summed E-state index contributed by atoms with van der Waals surface area (Å²) < 4.78 is 3.24. The number of hydrogen-bond acceptors (Lipinski definition) is 5. The Balaban J connectivity index is 1.97. The van der Waals surface area contributed by atoms with E-state index in [4.69, 9.17) is 0 Å². The largest absolute Gasteiger partial charge is 0.346 e. The Morgan fingerprint density at radius 3 is 2.59 bits per heavy atom. The van der Waals surface area contributed by atoms with E-state index in [9.17, 15) is 9.59 Å². The molecule has 2 aromatic heterocycles. The molecule has 0 amide bonds. The van der Waals surface area contributed by atoms with Crippen LogP contribution in [0.2, 0.25) is 0 Å². The fourth-order valence-corrected chi connectivity index (χ4v) is 2.77. The molecule has 1 aliphatic heterocycles. The van der Waals surface area contributed by atoms with E-state index >= 15 is 0 Å². The topological polar surface area (TPSA) is 73.0 Å². The van der Waals surface area contributed by atoms with Crippen molar-refractivity contribution < 1.29 is 0 Å². The monoisotopic (exact) mass is 301 g/mol. The molecule has 0 aromatic carbocycles. The lowest BCUT2D eigenvalue weighted by Gasteiger charge is -2.28. The van der Waals surface area contributed by atoms with Crippen molar-refractivity contribution in [3.63, 3.8) is 0 Å². The molecule has 3 heterocycles. The van der Waals surface area contributed by atoms with Gasteiger partial charge in [-0.05, 0) is 20.3 Å². The van der Waals surface area contributed by atoms with Crippen molar-refractivity contribution in [3.8, 4) is 0 Å². The molecule has 0 saturated heterocycles. The molecule has 22 heavy (non-hydrogen) atoms. The van der Waals surface area contributed by atoms with Crippen LogP contribution in [0.25, 0.3) is 0 Å². The molecule has 0 unspecified atom stereocenters. The summed E-state index contributed by atoms with van der Waals surface area (Å²) >= 11 is 0. The lowest BCUT2D eigenvalue weighted by molar-refractivity contribution is 0.626. The minimum atomic E-state index is -0.102. The molecule has 0 atom stereocenters. The number of nitrogens with zero attached hydrogens (tertiary/aromatic N) is 5. The number of aromatic nitrogens is 4. The van der Waals surface area contributed by atoms with Crippen molar-refractivity contribution in [1.82, 2.24) is 19.1 Å². The van der Waals surface area contributed by atoms with Gasteiger partial charge in [-0.2, -0.15) is 0 Å². The SMILES string of the molecule is CCn1ccnc(N2CCc3c(ncn(CC)c3=O)C2)c1=O. The summed E-state index contributed by atoms with van der Waals surface area (Å²) in [6.45, 7) is 6.12. The van der Waals surface area contributed by atoms with Gasteiger partial charge in [-0.25, -0.2) is 9.97 Å². The van der Waals surface area contributed by atoms with Gasteiger partial charge >= 0.3 is 0 Å². The second-order valence-corrected chi connectivity index (χ2v) is 5.27. The quantitative estimate of drug-likeness (QED) is 0.820. The molecule has 0 N–H and O–H groups in total. The van der Waals surface area contributed by atoms with Crippen molar-refractivity contribution in [2.75, 3.05) is 11.4 Å². The second kappa shape index (κ2) is 5.75. The van der Waals surface area contributed by atoms with Crippen molar-refractivity contribution in [1.29, 1.82) is 0 Å². The molecule has 7 heteroatoms. The summed E-state index contributed by atoms with van der Waals surface area (Å²) in [6.07, 6.45) is 5.48. The Morgan fingerprint density at radius 2 is 1.86 bits per heavy atom. The molecule has 0 bridgehead atoms. The maximum absolute atomic E-state index is 12.4. The minimum absolute atomic E-state index is 0.0270. The fraction of sp³-hybridized carbons (Fsp3) is 0.467. The van der Waals surface area contributed by atoms with Crippen LogP contribution in [0.15, 0.2) is 28.3 Å². The first-order chi connectivity index (χ1) is 10.7. The highest BCUT2D eigenvalue weighted by molar-refractivity contribution is 5.40. The van der Waals surface area contributed by atoms with Gasteiger partial charge < -0.3 is 9.47 Å². The predicted molar refractivity (Wildman–Crippen MR) is 83.1 cm³/mol. The molecule has 0 spiro atoms. The number of anilines is 1. The molecule has 0 saturated carbocycles. The average Bonchev–Trinajstić information content (AvgIpc) is 2.55. The summed E-state index contributed by atoms with van der Waals surface area (Å²) in [5.74, 6) is 0.427. The molecule has 2 aromatic rings. The van der Waals surface area contributed by atoms with E-state index in [0.717, 1.165) is 11.3 Å². The Bertz CT molecular complexity index is 808. The van der Waals surface area contributed by atoms with E-state index in [1.165, 1.54) is 0 Å². The van der Waals surface area contributed by atoms with Crippen LogP contribution in [-0.4, -0.2) is 25.6 Å². The third kappa shape index (κ3) is 2.32. The van der Waals surface area contributed by atoms with Crippen LogP contribution in [0.3, 0.4) is 0 Å². The van der Waals surface area contributed by atoms with Gasteiger partial charge in [0.1, 0.15) is 0 Å². The van der Waals surface area contributed by atoms with Gasteiger partial charge in [0.2, 0.25) is 0 Å². The normalized spacial score (nSPS) is 14.0. The number of rotatable bonds is 3. The van der Waals surface area contributed by atoms with Crippen LogP contribution < -0.4 is 16.0 Å². The van der Waals surface area contributed by atoms with Crippen LogP contribution in [0.1, 0.15) is 25.1 Å². The Morgan fingerprint density at radius 1 is 1.09 bits per heavy atom. The second-order valence-electron chi connectivity index (χ2n) is 5.27. The van der Waals surface area contributed by atoms with Gasteiger partial charge in [-0.1, -0.05) is 0 Å². The van der Waals surface area contributed by atoms with Crippen molar-refractivity contribution in [2.45, 2.75) is 39.9 Å². The maximum Gasteiger partial charge on any atom is 0.293 e. The van der Waals surface area contributed by atoms with E-state index in [1.54, 1.807) is 27.9 Å². The predicted octanol–water partition coefficient (Wildman–Crippen LogP) is 0.403. The van der Waals surface area contributed by atoms with Gasteiger partial charge in [0, 0.05) is 37.6 Å². The number of fused-ring (bicyclic) bond motifs is 1. The maximum atomic E-state index is 12.4. The van der Waals surface area contributed by atoms with Gasteiger partial charge in [0.15, 0.2) is 5.82 Å². The highest BCUT2D eigenvalue weighted by Crippen LogP contribution is 2.17. The smallest absolute Gasteiger partial charge is 0.293 e. The van der Waals surface area contributed by atoms with Gasteiger partial charge in [-0.3, -0.25) is 14.2 Å². The molecular weight excluding hydrogens is 282 g/mol. The van der Waals surface area contributed by atoms with Crippen LogP contribution in [0, 0.1) is 0 Å². The Kier molecular flexibility index (Phi) is 3.79. The zero-order valence-corrected chi connectivity index (χ0v) is 12.8.